The molecule has 1 amide bonds. The quantitative estimate of drug-likeness (QED) is 0.560. The topological polar surface area (TPSA) is 52.9 Å². The Kier molecular flexibility index (Phi) is 4.12. The number of nitrogens with zero attached hydrogens (tertiary/aromatic N) is 2. The van der Waals surface area contributed by atoms with Gasteiger partial charge in [-0.2, -0.15) is 0 Å². The molecule has 4 nitrogen and oxygen atoms in total. The van der Waals surface area contributed by atoms with Crippen molar-refractivity contribution in [1.29, 1.82) is 0 Å². The molecule has 1 fully saturated rings. The number of hydrogen-bond donors (Lipinski definition) is 1. The monoisotopic (exact) mass is 212 g/mol. The van der Waals surface area contributed by atoms with Crippen LogP contribution in [0, 0.1) is 11.8 Å². The van der Waals surface area contributed by atoms with Gasteiger partial charge in [0.25, 0.3) is 0 Å². The molecule has 0 aromatic heterocycles. The summed E-state index contributed by atoms with van der Waals surface area (Å²) in [5.41, 5.74) is 0.802. The molecule has 0 aromatic carbocycles. The second-order valence-electron chi connectivity index (χ2n) is 4.52. The highest BCUT2D eigenvalue weighted by atomic mass is 16.4. The molecule has 1 heterocycles. The van der Waals surface area contributed by atoms with Crippen LogP contribution in [-0.2, 0) is 4.79 Å². The molecule has 1 N–H and O–H groups in total. The van der Waals surface area contributed by atoms with Gasteiger partial charge in [0.15, 0.2) is 0 Å². The summed E-state index contributed by atoms with van der Waals surface area (Å²) in [5, 5.41) is 11.8. The van der Waals surface area contributed by atoms with Gasteiger partial charge in [0.2, 0.25) is 5.91 Å². The number of rotatable bonds is 2. The molecule has 0 spiro atoms. The van der Waals surface area contributed by atoms with Crippen LogP contribution < -0.4 is 0 Å². The van der Waals surface area contributed by atoms with Crippen LogP contribution in [0.1, 0.15) is 33.6 Å². The lowest BCUT2D eigenvalue weighted by Gasteiger charge is -2.30. The Labute approximate surface area is 90.9 Å². The number of hydrogen-bond acceptors (Lipinski definition) is 3. The van der Waals surface area contributed by atoms with Crippen molar-refractivity contribution < 1.29 is 10.0 Å². The maximum absolute atomic E-state index is 12.0. The van der Waals surface area contributed by atoms with E-state index in [-0.39, 0.29) is 11.8 Å². The summed E-state index contributed by atoms with van der Waals surface area (Å²) < 4.78 is 0. The molecule has 86 valence electrons. The van der Waals surface area contributed by atoms with E-state index in [2.05, 4.69) is 19.0 Å². The number of amides is 1. The van der Waals surface area contributed by atoms with Gasteiger partial charge in [0.05, 0.1) is 5.71 Å². The smallest absolute Gasteiger partial charge is 0.225 e. The molecule has 1 saturated heterocycles. The third kappa shape index (κ3) is 2.94. The van der Waals surface area contributed by atoms with Crippen LogP contribution in [-0.4, -0.2) is 34.8 Å². The van der Waals surface area contributed by atoms with Gasteiger partial charge in [-0.3, -0.25) is 4.79 Å². The molecule has 1 atom stereocenters. The van der Waals surface area contributed by atoms with Gasteiger partial charge in [-0.05, 0) is 5.92 Å². The molecule has 0 radical (unpaired) electrons. The van der Waals surface area contributed by atoms with Gasteiger partial charge in [-0.1, -0.05) is 25.9 Å². The normalized spacial score (nSPS) is 19.2. The lowest BCUT2D eigenvalue weighted by molar-refractivity contribution is -0.136. The summed E-state index contributed by atoms with van der Waals surface area (Å²) in [7, 11) is 0. The first kappa shape index (κ1) is 12.0. The Bertz CT molecular complexity index is 251. The molecule has 1 aliphatic heterocycles. The van der Waals surface area contributed by atoms with E-state index >= 15 is 0 Å². The first-order chi connectivity index (χ1) is 7.06. The first-order valence-electron chi connectivity index (χ1n) is 5.54. The third-order valence-electron chi connectivity index (χ3n) is 3.18. The zero-order chi connectivity index (χ0) is 11.4. The molecule has 0 aromatic rings. The maximum atomic E-state index is 12.0. The Hall–Kier alpha value is -1.06. The molecule has 4 heteroatoms. The van der Waals surface area contributed by atoms with E-state index in [0.717, 1.165) is 5.71 Å². The highest BCUT2D eigenvalue weighted by Crippen LogP contribution is 2.16. The summed E-state index contributed by atoms with van der Waals surface area (Å²) in [6, 6.07) is 0. The maximum Gasteiger partial charge on any atom is 0.225 e. The van der Waals surface area contributed by atoms with E-state index in [1.54, 1.807) is 0 Å². The van der Waals surface area contributed by atoms with Crippen LogP contribution >= 0.6 is 0 Å². The van der Waals surface area contributed by atoms with Crippen molar-refractivity contribution in [2.24, 2.45) is 17.0 Å². The fraction of sp³-hybridized carbons (Fsp3) is 0.818. The van der Waals surface area contributed by atoms with Crippen LogP contribution in [0.2, 0.25) is 0 Å². The zero-order valence-corrected chi connectivity index (χ0v) is 9.73. The second-order valence-corrected chi connectivity index (χ2v) is 4.52. The standard InChI is InChI=1S/C11H20N2O2/c1-8(2)9(3)11(14)13-6-4-10(12-15)5-7-13/h8-9,15H,4-7H2,1-3H3. The minimum absolute atomic E-state index is 0.0811. The molecule has 0 saturated carbocycles. The van der Waals surface area contributed by atoms with Crippen molar-refractivity contribution in [3.63, 3.8) is 0 Å². The van der Waals surface area contributed by atoms with Crippen molar-refractivity contribution in [3.05, 3.63) is 0 Å². The summed E-state index contributed by atoms with van der Waals surface area (Å²) in [5.74, 6) is 0.685. The molecule has 15 heavy (non-hydrogen) atoms. The summed E-state index contributed by atoms with van der Waals surface area (Å²) >= 11 is 0. The van der Waals surface area contributed by atoms with Crippen LogP contribution in [0.5, 0.6) is 0 Å². The highest BCUT2D eigenvalue weighted by molar-refractivity contribution is 5.87. The molecule has 1 unspecified atom stereocenters. The van der Waals surface area contributed by atoms with Crippen LogP contribution in [0.15, 0.2) is 5.16 Å². The van der Waals surface area contributed by atoms with Gasteiger partial charge in [-0.15, -0.1) is 0 Å². The third-order valence-corrected chi connectivity index (χ3v) is 3.18. The molecular formula is C11H20N2O2. The highest BCUT2D eigenvalue weighted by Gasteiger charge is 2.25. The average Bonchev–Trinajstić information content (AvgIpc) is 2.27. The van der Waals surface area contributed by atoms with Crippen LogP contribution in [0.25, 0.3) is 0 Å². The largest absolute Gasteiger partial charge is 0.411 e. The van der Waals surface area contributed by atoms with E-state index in [0.29, 0.717) is 31.8 Å². The van der Waals surface area contributed by atoms with E-state index in [9.17, 15) is 4.79 Å². The van der Waals surface area contributed by atoms with Crippen molar-refractivity contribution in [1.82, 2.24) is 4.90 Å². The van der Waals surface area contributed by atoms with Crippen LogP contribution in [0.3, 0.4) is 0 Å². The number of piperidine rings is 1. The molecule has 0 bridgehead atoms. The number of oxime groups is 1. The number of carbonyl (C=O) groups is 1. The van der Waals surface area contributed by atoms with Crippen LogP contribution in [0.4, 0.5) is 0 Å². The lowest BCUT2D eigenvalue weighted by atomic mass is 9.95. The van der Waals surface area contributed by atoms with Gasteiger partial charge >= 0.3 is 0 Å². The Morgan fingerprint density at radius 3 is 2.27 bits per heavy atom. The Morgan fingerprint density at radius 1 is 1.33 bits per heavy atom. The van der Waals surface area contributed by atoms with E-state index in [4.69, 9.17) is 5.21 Å². The molecule has 1 aliphatic rings. The molecule has 1 rings (SSSR count). The molecular weight excluding hydrogens is 192 g/mol. The van der Waals surface area contributed by atoms with Crippen molar-refractivity contribution in [2.45, 2.75) is 33.6 Å². The van der Waals surface area contributed by atoms with Gasteiger partial charge in [-0.25, -0.2) is 0 Å². The van der Waals surface area contributed by atoms with Crippen molar-refractivity contribution in [3.8, 4) is 0 Å². The fourth-order valence-corrected chi connectivity index (χ4v) is 1.66. The first-order valence-corrected chi connectivity index (χ1v) is 5.54. The minimum Gasteiger partial charge on any atom is -0.411 e. The van der Waals surface area contributed by atoms with E-state index in [1.165, 1.54) is 0 Å². The Morgan fingerprint density at radius 2 is 1.87 bits per heavy atom. The van der Waals surface area contributed by atoms with E-state index < -0.39 is 0 Å². The van der Waals surface area contributed by atoms with Crippen molar-refractivity contribution >= 4 is 11.6 Å². The zero-order valence-electron chi connectivity index (χ0n) is 9.73. The summed E-state index contributed by atoms with van der Waals surface area (Å²) in [4.78, 5) is 13.8. The van der Waals surface area contributed by atoms with Gasteiger partial charge in [0.1, 0.15) is 0 Å². The predicted octanol–water partition coefficient (Wildman–Crippen LogP) is 1.73. The van der Waals surface area contributed by atoms with Gasteiger partial charge in [0, 0.05) is 31.8 Å². The van der Waals surface area contributed by atoms with E-state index in [1.807, 2.05) is 11.8 Å². The SMILES string of the molecule is CC(C)C(C)C(=O)N1CCC(=NO)CC1. The number of likely N-dealkylation sites (tertiary alicyclic amines) is 1. The van der Waals surface area contributed by atoms with Crippen molar-refractivity contribution in [2.75, 3.05) is 13.1 Å². The second kappa shape index (κ2) is 5.14. The predicted molar refractivity (Wildman–Crippen MR) is 59.0 cm³/mol. The lowest BCUT2D eigenvalue weighted by Crippen LogP contribution is -2.42. The summed E-state index contributed by atoms with van der Waals surface area (Å²) in [6.45, 7) is 7.48. The minimum atomic E-state index is 0.0811. The Balaban J connectivity index is 2.50. The fourth-order valence-electron chi connectivity index (χ4n) is 1.66. The summed E-state index contributed by atoms with van der Waals surface area (Å²) in [6.07, 6.45) is 1.40. The van der Waals surface area contributed by atoms with Gasteiger partial charge < -0.3 is 10.1 Å². The average molecular weight is 212 g/mol. The molecule has 0 aliphatic carbocycles. The number of carbonyl (C=O) groups excluding carboxylic acids is 1.